The molecule has 0 aliphatic carbocycles. The molecular formula is C11H14N4OS. The zero-order valence-corrected chi connectivity index (χ0v) is 10.1. The summed E-state index contributed by atoms with van der Waals surface area (Å²) in [5.74, 6) is 0.0570. The van der Waals surface area contributed by atoms with Crippen LogP contribution in [0.3, 0.4) is 0 Å². The Bertz CT molecular complexity index is 432. The average molecular weight is 250 g/mol. The molecule has 17 heavy (non-hydrogen) atoms. The second-order valence-electron chi connectivity index (χ2n) is 3.81. The summed E-state index contributed by atoms with van der Waals surface area (Å²) in [6, 6.07) is 7.67. The summed E-state index contributed by atoms with van der Waals surface area (Å²) in [5, 5.41) is 5.89. The number of hydrogen-bond acceptors (Lipinski definition) is 3. The van der Waals surface area contributed by atoms with Gasteiger partial charge in [0.15, 0.2) is 5.11 Å². The molecule has 90 valence electrons. The summed E-state index contributed by atoms with van der Waals surface area (Å²) >= 11 is 4.75. The standard InChI is InChI=1S/C11H14N4OS/c12-11(17)14-8-1-3-9(4-2-8)15-6-5-13-10(16)7-15/h1-4H,5-7H2,(H,13,16)(H3,12,14,17). The molecule has 4 N–H and O–H groups in total. The van der Waals surface area contributed by atoms with Gasteiger partial charge in [-0.1, -0.05) is 0 Å². The summed E-state index contributed by atoms with van der Waals surface area (Å²) in [4.78, 5) is 13.3. The quantitative estimate of drug-likeness (QED) is 0.658. The van der Waals surface area contributed by atoms with Crippen LogP contribution >= 0.6 is 12.2 Å². The van der Waals surface area contributed by atoms with Gasteiger partial charge in [0.25, 0.3) is 0 Å². The molecule has 1 aliphatic heterocycles. The Morgan fingerprint density at radius 3 is 2.71 bits per heavy atom. The van der Waals surface area contributed by atoms with Crippen molar-refractivity contribution in [2.24, 2.45) is 5.73 Å². The van der Waals surface area contributed by atoms with Gasteiger partial charge in [-0.25, -0.2) is 0 Å². The number of nitrogens with zero attached hydrogens (tertiary/aromatic N) is 1. The first-order valence-electron chi connectivity index (χ1n) is 5.33. The highest BCUT2D eigenvalue weighted by molar-refractivity contribution is 7.80. The van der Waals surface area contributed by atoms with Crippen molar-refractivity contribution in [3.05, 3.63) is 24.3 Å². The van der Waals surface area contributed by atoms with Gasteiger partial charge < -0.3 is 21.3 Å². The molecule has 1 saturated heterocycles. The van der Waals surface area contributed by atoms with Crippen molar-refractivity contribution in [3.8, 4) is 0 Å². The van der Waals surface area contributed by atoms with E-state index >= 15 is 0 Å². The molecule has 0 saturated carbocycles. The average Bonchev–Trinajstić information content (AvgIpc) is 2.29. The number of piperazine rings is 1. The minimum absolute atomic E-state index is 0.0570. The van der Waals surface area contributed by atoms with Gasteiger partial charge in [-0.15, -0.1) is 0 Å². The smallest absolute Gasteiger partial charge is 0.239 e. The monoisotopic (exact) mass is 250 g/mol. The molecule has 1 aromatic rings. The molecule has 1 heterocycles. The highest BCUT2D eigenvalue weighted by Crippen LogP contribution is 2.18. The van der Waals surface area contributed by atoms with Gasteiger partial charge in [0.05, 0.1) is 6.54 Å². The van der Waals surface area contributed by atoms with E-state index in [0.29, 0.717) is 13.1 Å². The Morgan fingerprint density at radius 2 is 2.12 bits per heavy atom. The van der Waals surface area contributed by atoms with Crippen LogP contribution < -0.4 is 21.3 Å². The van der Waals surface area contributed by atoms with Gasteiger partial charge in [-0.05, 0) is 36.5 Å². The third kappa shape index (κ3) is 3.07. The highest BCUT2D eigenvalue weighted by Gasteiger charge is 2.15. The third-order valence-electron chi connectivity index (χ3n) is 2.54. The van der Waals surface area contributed by atoms with Crippen molar-refractivity contribution in [1.29, 1.82) is 0 Å². The van der Waals surface area contributed by atoms with E-state index in [2.05, 4.69) is 10.6 Å². The van der Waals surface area contributed by atoms with Crippen LogP contribution in [0, 0.1) is 0 Å². The van der Waals surface area contributed by atoms with Gasteiger partial charge in [-0.2, -0.15) is 0 Å². The Labute approximate surface area is 105 Å². The number of rotatable bonds is 2. The van der Waals surface area contributed by atoms with E-state index in [1.54, 1.807) is 0 Å². The van der Waals surface area contributed by atoms with Gasteiger partial charge >= 0.3 is 0 Å². The van der Waals surface area contributed by atoms with Gasteiger partial charge in [0.2, 0.25) is 5.91 Å². The zero-order valence-electron chi connectivity index (χ0n) is 9.27. The number of carbonyl (C=O) groups excluding carboxylic acids is 1. The molecule has 0 atom stereocenters. The summed E-state index contributed by atoms with van der Waals surface area (Å²) < 4.78 is 0. The number of nitrogens with one attached hydrogen (secondary N) is 2. The largest absolute Gasteiger partial charge is 0.376 e. The molecule has 0 unspecified atom stereocenters. The lowest BCUT2D eigenvalue weighted by molar-refractivity contribution is -0.120. The van der Waals surface area contributed by atoms with Crippen LogP contribution in [0.1, 0.15) is 0 Å². The van der Waals surface area contributed by atoms with E-state index in [0.717, 1.165) is 17.9 Å². The molecular weight excluding hydrogens is 236 g/mol. The first-order chi connectivity index (χ1) is 8.15. The van der Waals surface area contributed by atoms with E-state index in [9.17, 15) is 4.79 Å². The van der Waals surface area contributed by atoms with E-state index < -0.39 is 0 Å². The van der Waals surface area contributed by atoms with Crippen LogP contribution in [-0.2, 0) is 4.79 Å². The number of carbonyl (C=O) groups is 1. The fraction of sp³-hybridized carbons (Fsp3) is 0.273. The van der Waals surface area contributed by atoms with Crippen molar-refractivity contribution in [3.63, 3.8) is 0 Å². The van der Waals surface area contributed by atoms with Crippen molar-refractivity contribution in [1.82, 2.24) is 5.32 Å². The molecule has 0 bridgehead atoms. The van der Waals surface area contributed by atoms with Crippen LogP contribution in [0.4, 0.5) is 11.4 Å². The maximum Gasteiger partial charge on any atom is 0.239 e. The fourth-order valence-corrected chi connectivity index (χ4v) is 1.87. The normalized spacial score (nSPS) is 15.3. The van der Waals surface area contributed by atoms with Crippen molar-refractivity contribution in [2.75, 3.05) is 29.9 Å². The van der Waals surface area contributed by atoms with Crippen molar-refractivity contribution < 1.29 is 4.79 Å². The van der Waals surface area contributed by atoms with E-state index in [4.69, 9.17) is 18.0 Å². The number of hydrogen-bond donors (Lipinski definition) is 3. The second-order valence-corrected chi connectivity index (χ2v) is 4.25. The van der Waals surface area contributed by atoms with Crippen LogP contribution in [0.15, 0.2) is 24.3 Å². The molecule has 2 rings (SSSR count). The summed E-state index contributed by atoms with van der Waals surface area (Å²) in [6.07, 6.45) is 0. The van der Waals surface area contributed by atoms with Gasteiger partial charge in [-0.3, -0.25) is 4.79 Å². The van der Waals surface area contributed by atoms with E-state index in [1.165, 1.54) is 0 Å². The third-order valence-corrected chi connectivity index (χ3v) is 2.64. The summed E-state index contributed by atoms with van der Waals surface area (Å²) in [7, 11) is 0. The number of anilines is 2. The number of nitrogens with two attached hydrogens (primary N) is 1. The van der Waals surface area contributed by atoms with Gasteiger partial charge in [0, 0.05) is 24.5 Å². The molecule has 0 radical (unpaired) electrons. The highest BCUT2D eigenvalue weighted by atomic mass is 32.1. The number of thiocarbonyl (C=S) groups is 1. The first-order valence-corrected chi connectivity index (χ1v) is 5.74. The first kappa shape index (κ1) is 11.7. The van der Waals surface area contributed by atoms with Crippen molar-refractivity contribution in [2.45, 2.75) is 0 Å². The van der Waals surface area contributed by atoms with Crippen LogP contribution in [-0.4, -0.2) is 30.7 Å². The lowest BCUT2D eigenvalue weighted by Gasteiger charge is -2.28. The Morgan fingerprint density at radius 1 is 1.41 bits per heavy atom. The van der Waals surface area contributed by atoms with E-state index in [-0.39, 0.29) is 11.0 Å². The molecule has 1 aliphatic rings. The molecule has 1 aromatic carbocycles. The molecule has 0 spiro atoms. The van der Waals surface area contributed by atoms with Gasteiger partial charge in [0.1, 0.15) is 0 Å². The van der Waals surface area contributed by atoms with E-state index in [1.807, 2.05) is 29.2 Å². The Balaban J connectivity index is 2.06. The van der Waals surface area contributed by atoms with Crippen LogP contribution in [0.5, 0.6) is 0 Å². The molecule has 1 fully saturated rings. The minimum atomic E-state index is 0.0570. The van der Waals surface area contributed by atoms with Crippen molar-refractivity contribution >= 4 is 34.6 Å². The number of benzene rings is 1. The maximum absolute atomic E-state index is 11.3. The van der Waals surface area contributed by atoms with Crippen LogP contribution in [0.2, 0.25) is 0 Å². The van der Waals surface area contributed by atoms with Crippen LogP contribution in [0.25, 0.3) is 0 Å². The number of amides is 1. The lowest BCUT2D eigenvalue weighted by atomic mass is 10.2. The Hall–Kier alpha value is -1.82. The fourth-order valence-electron chi connectivity index (χ4n) is 1.76. The molecule has 1 amide bonds. The Kier molecular flexibility index (Phi) is 3.43. The molecule has 6 heteroatoms. The molecule has 0 aromatic heterocycles. The summed E-state index contributed by atoms with van der Waals surface area (Å²) in [5.41, 5.74) is 7.25. The SMILES string of the molecule is NC(=S)Nc1ccc(N2CCNC(=O)C2)cc1. The predicted molar refractivity (Wildman–Crippen MR) is 72.1 cm³/mol. The molecule has 5 nitrogen and oxygen atoms in total. The summed E-state index contributed by atoms with van der Waals surface area (Å²) in [6.45, 7) is 1.92. The zero-order chi connectivity index (χ0) is 12.3. The lowest BCUT2D eigenvalue weighted by Crippen LogP contribution is -2.47. The predicted octanol–water partition coefficient (Wildman–Crippen LogP) is 0.278. The minimum Gasteiger partial charge on any atom is -0.376 e. The topological polar surface area (TPSA) is 70.4 Å². The maximum atomic E-state index is 11.3. The second kappa shape index (κ2) is 5.01.